The lowest BCUT2D eigenvalue weighted by atomic mass is 9.91. The van der Waals surface area contributed by atoms with E-state index in [0.29, 0.717) is 32.4 Å². The molecule has 4 heterocycles. The van der Waals surface area contributed by atoms with Crippen molar-refractivity contribution in [3.05, 3.63) is 74.8 Å². The Morgan fingerprint density at radius 3 is 2.84 bits per heavy atom. The highest BCUT2D eigenvalue weighted by Crippen LogP contribution is 2.49. The van der Waals surface area contributed by atoms with Gasteiger partial charge < -0.3 is 15.0 Å². The zero-order valence-electron chi connectivity index (χ0n) is 19.2. The molecule has 1 unspecified atom stereocenters. The molecular weight excluding hydrogens is 536 g/mol. The molecule has 37 heavy (non-hydrogen) atoms. The van der Waals surface area contributed by atoms with E-state index >= 15 is 4.39 Å². The standard InChI is InChI=1S/C23H19ClF4N6O2S/c1-29-22(35)36-11-23(28)9-16-17(15-4-6-34(32-15)21(26)27)18(13-3-2-12(25)8-14(13)24)31-19(33(16)10-23)20-30-5-7-37-20/h2-8,18,21H,9-11H2,1H3,(H,29,35)/t18-,23?/m0/s1. The number of nitrogens with zero attached hydrogens (tertiary/aromatic N) is 5. The van der Waals surface area contributed by atoms with E-state index in [-0.39, 0.29) is 23.7 Å². The van der Waals surface area contributed by atoms with Crippen molar-refractivity contribution in [3.63, 3.8) is 0 Å². The van der Waals surface area contributed by atoms with Crippen LogP contribution in [0.4, 0.5) is 22.4 Å². The monoisotopic (exact) mass is 554 g/mol. The first-order valence-corrected chi connectivity index (χ1v) is 12.2. The summed E-state index contributed by atoms with van der Waals surface area (Å²) in [4.78, 5) is 22.4. The molecule has 2 aromatic heterocycles. The number of hydrogen-bond donors (Lipinski definition) is 1. The number of halogens is 5. The first kappa shape index (κ1) is 25.2. The molecule has 3 aromatic rings. The fourth-order valence-electron chi connectivity index (χ4n) is 4.38. The Morgan fingerprint density at radius 2 is 2.19 bits per heavy atom. The third-order valence-electron chi connectivity index (χ3n) is 5.97. The molecule has 2 aliphatic heterocycles. The van der Waals surface area contributed by atoms with Crippen LogP contribution in [-0.2, 0) is 4.74 Å². The highest BCUT2D eigenvalue weighted by molar-refractivity contribution is 7.11. The Bertz CT molecular complexity index is 1400. The van der Waals surface area contributed by atoms with Gasteiger partial charge in [-0.3, -0.25) is 4.99 Å². The number of aromatic nitrogens is 3. The van der Waals surface area contributed by atoms with Crippen LogP contribution >= 0.6 is 22.9 Å². The van der Waals surface area contributed by atoms with Crippen LogP contribution in [0, 0.1) is 5.82 Å². The van der Waals surface area contributed by atoms with Gasteiger partial charge in [0, 0.05) is 53.1 Å². The fraction of sp³-hybridized carbons (Fsp3) is 0.304. The largest absolute Gasteiger partial charge is 0.446 e. The smallest absolute Gasteiger partial charge is 0.406 e. The number of fused-ring (bicyclic) bond motifs is 1. The van der Waals surface area contributed by atoms with Crippen molar-refractivity contribution in [1.29, 1.82) is 0 Å². The topological polar surface area (TPSA) is 84.6 Å². The van der Waals surface area contributed by atoms with Gasteiger partial charge in [-0.1, -0.05) is 17.7 Å². The average Bonchev–Trinajstić information content (AvgIpc) is 3.62. The number of carbonyl (C=O) groups is 1. The molecule has 1 fully saturated rings. The van der Waals surface area contributed by atoms with Crippen molar-refractivity contribution in [3.8, 4) is 0 Å². The lowest BCUT2D eigenvalue weighted by Crippen LogP contribution is -2.39. The molecule has 8 nitrogen and oxygen atoms in total. The van der Waals surface area contributed by atoms with Crippen LogP contribution in [0.25, 0.3) is 5.57 Å². The minimum Gasteiger partial charge on any atom is -0.446 e. The number of benzene rings is 1. The number of amides is 1. The summed E-state index contributed by atoms with van der Waals surface area (Å²) in [5.41, 5.74) is -0.800. The number of ether oxygens (including phenoxy) is 1. The molecule has 1 aromatic carbocycles. The van der Waals surface area contributed by atoms with Crippen molar-refractivity contribution in [2.75, 3.05) is 20.2 Å². The van der Waals surface area contributed by atoms with Gasteiger partial charge in [0.1, 0.15) is 18.5 Å². The Kier molecular flexibility index (Phi) is 6.67. The number of alkyl halides is 3. The molecular formula is C23H19ClF4N6O2S. The normalized spacial score (nSPS) is 21.3. The van der Waals surface area contributed by atoms with E-state index < -0.39 is 36.8 Å². The second-order valence-corrected chi connectivity index (χ2v) is 9.72. The van der Waals surface area contributed by atoms with E-state index in [0.717, 1.165) is 12.3 Å². The second-order valence-electron chi connectivity index (χ2n) is 8.42. The van der Waals surface area contributed by atoms with Crippen LogP contribution in [0.15, 0.2) is 52.7 Å². The number of rotatable bonds is 6. The van der Waals surface area contributed by atoms with Crippen LogP contribution in [0.1, 0.15) is 35.3 Å². The number of hydrogen-bond acceptors (Lipinski definition) is 7. The first-order valence-electron chi connectivity index (χ1n) is 11.0. The van der Waals surface area contributed by atoms with Gasteiger partial charge in [0.25, 0.3) is 0 Å². The number of nitrogens with one attached hydrogen (secondary N) is 1. The van der Waals surface area contributed by atoms with E-state index in [1.807, 2.05) is 0 Å². The minimum atomic E-state index is -2.90. The Balaban J connectivity index is 1.69. The molecule has 0 saturated carbocycles. The summed E-state index contributed by atoms with van der Waals surface area (Å²) < 4.78 is 62.3. The van der Waals surface area contributed by atoms with Crippen molar-refractivity contribution in [2.45, 2.75) is 24.7 Å². The molecule has 0 aliphatic carbocycles. The van der Waals surface area contributed by atoms with Crippen LogP contribution in [0.3, 0.4) is 0 Å². The lowest BCUT2D eigenvalue weighted by molar-refractivity contribution is 0.0564. The van der Waals surface area contributed by atoms with E-state index in [1.54, 1.807) is 16.5 Å². The SMILES string of the molecule is CNC(=O)OCC1(F)CC2=C(c3ccn(C(F)F)n3)[C@H](c3ccc(F)cc3Cl)N=C(c3nccs3)N2C1. The summed E-state index contributed by atoms with van der Waals surface area (Å²) in [6, 6.07) is 4.21. The summed E-state index contributed by atoms with van der Waals surface area (Å²) in [6.07, 6.45) is 1.64. The van der Waals surface area contributed by atoms with Gasteiger partial charge in [-0.25, -0.2) is 23.2 Å². The fourth-order valence-corrected chi connectivity index (χ4v) is 5.29. The predicted molar refractivity (Wildman–Crippen MR) is 129 cm³/mol. The van der Waals surface area contributed by atoms with Gasteiger partial charge in [0.15, 0.2) is 16.5 Å². The predicted octanol–water partition coefficient (Wildman–Crippen LogP) is 5.21. The number of carbonyl (C=O) groups excluding carboxylic acids is 1. The second kappa shape index (κ2) is 9.78. The Hall–Kier alpha value is -3.45. The molecule has 0 radical (unpaired) electrons. The van der Waals surface area contributed by atoms with E-state index in [4.69, 9.17) is 21.3 Å². The molecule has 0 spiro atoms. The molecule has 5 rings (SSSR count). The zero-order chi connectivity index (χ0) is 26.3. The van der Waals surface area contributed by atoms with E-state index in [2.05, 4.69) is 15.4 Å². The lowest BCUT2D eigenvalue weighted by Gasteiger charge is -2.32. The zero-order valence-corrected chi connectivity index (χ0v) is 20.7. The highest BCUT2D eigenvalue weighted by atomic mass is 35.5. The number of allylic oxidation sites excluding steroid dienone is 1. The van der Waals surface area contributed by atoms with Gasteiger partial charge in [0.05, 0.1) is 12.2 Å². The Labute approximate surface area is 217 Å². The van der Waals surface area contributed by atoms with Crippen LogP contribution in [0.2, 0.25) is 5.02 Å². The summed E-state index contributed by atoms with van der Waals surface area (Å²) in [7, 11) is 1.36. The minimum absolute atomic E-state index is 0.0551. The van der Waals surface area contributed by atoms with Crippen molar-refractivity contribution >= 4 is 40.4 Å². The molecule has 1 saturated heterocycles. The third-order valence-corrected chi connectivity index (χ3v) is 7.07. The molecule has 1 N–H and O–H groups in total. The summed E-state index contributed by atoms with van der Waals surface area (Å²) in [5.74, 6) is -0.242. The molecule has 14 heteroatoms. The number of thiazole rings is 1. The number of amidine groups is 1. The maximum Gasteiger partial charge on any atom is 0.406 e. The first-order chi connectivity index (χ1) is 17.7. The molecule has 2 atom stereocenters. The van der Waals surface area contributed by atoms with Crippen molar-refractivity contribution in [1.82, 2.24) is 25.0 Å². The quantitative estimate of drug-likeness (QED) is 0.423. The van der Waals surface area contributed by atoms with Gasteiger partial charge in [-0.2, -0.15) is 13.9 Å². The molecule has 1 amide bonds. The number of alkyl carbamates (subject to hydrolysis) is 1. The summed E-state index contributed by atoms with van der Waals surface area (Å²) in [5, 5.41) is 8.54. The van der Waals surface area contributed by atoms with E-state index in [9.17, 15) is 18.0 Å². The van der Waals surface area contributed by atoms with Gasteiger partial charge in [-0.05, 0) is 18.2 Å². The van der Waals surface area contributed by atoms with Crippen LogP contribution < -0.4 is 5.32 Å². The molecule has 0 bridgehead atoms. The average molecular weight is 555 g/mol. The Morgan fingerprint density at radius 1 is 1.38 bits per heavy atom. The molecule has 194 valence electrons. The summed E-state index contributed by atoms with van der Waals surface area (Å²) in [6.45, 7) is -3.69. The van der Waals surface area contributed by atoms with Gasteiger partial charge in [-0.15, -0.1) is 11.3 Å². The maximum absolute atomic E-state index is 16.1. The highest BCUT2D eigenvalue weighted by Gasteiger charge is 2.49. The summed E-state index contributed by atoms with van der Waals surface area (Å²) >= 11 is 7.67. The van der Waals surface area contributed by atoms with Gasteiger partial charge in [0.2, 0.25) is 0 Å². The van der Waals surface area contributed by atoms with E-state index in [1.165, 1.54) is 36.6 Å². The van der Waals surface area contributed by atoms with Crippen molar-refractivity contribution < 1.29 is 27.1 Å². The van der Waals surface area contributed by atoms with Crippen molar-refractivity contribution in [2.24, 2.45) is 4.99 Å². The third kappa shape index (κ3) is 4.80. The maximum atomic E-state index is 16.1. The van der Waals surface area contributed by atoms with Crippen LogP contribution in [0.5, 0.6) is 0 Å². The number of aliphatic imine (C=N–C) groups is 1. The van der Waals surface area contributed by atoms with Gasteiger partial charge >= 0.3 is 12.6 Å². The molecule has 2 aliphatic rings. The van der Waals surface area contributed by atoms with Crippen LogP contribution in [-0.4, -0.2) is 57.5 Å².